The lowest BCUT2D eigenvalue weighted by Gasteiger charge is -2.02. The molecule has 112 valence electrons. The number of nitro benzene ring substituents is 1. The number of hydrogen-bond acceptors (Lipinski definition) is 4. The molecule has 1 N–H and O–H groups in total. The molecule has 0 bridgehead atoms. The van der Waals surface area contributed by atoms with Crippen LogP contribution in [0.1, 0.15) is 15.9 Å². The number of rotatable bonds is 4. The van der Waals surface area contributed by atoms with E-state index >= 15 is 0 Å². The summed E-state index contributed by atoms with van der Waals surface area (Å²) in [4.78, 5) is 21.9. The average Bonchev–Trinajstić information content (AvgIpc) is 2.47. The molecule has 0 aliphatic heterocycles. The highest BCUT2D eigenvalue weighted by Gasteiger charge is 2.09. The molecule has 0 saturated heterocycles. The first-order valence-corrected chi connectivity index (χ1v) is 6.76. The van der Waals surface area contributed by atoms with Gasteiger partial charge in [0.2, 0.25) is 0 Å². The van der Waals surface area contributed by atoms with Crippen LogP contribution in [0.5, 0.6) is 0 Å². The number of amides is 1. The van der Waals surface area contributed by atoms with Crippen LogP contribution in [0.2, 0.25) is 10.0 Å². The topological polar surface area (TPSA) is 84.6 Å². The summed E-state index contributed by atoms with van der Waals surface area (Å²) < 4.78 is 0. The Morgan fingerprint density at radius 1 is 1.18 bits per heavy atom. The van der Waals surface area contributed by atoms with Crippen LogP contribution >= 0.6 is 23.2 Å². The summed E-state index contributed by atoms with van der Waals surface area (Å²) in [5.74, 6) is -0.486. The minimum absolute atomic E-state index is 0.0193. The van der Waals surface area contributed by atoms with Crippen molar-refractivity contribution in [3.63, 3.8) is 0 Å². The second-order valence-electron chi connectivity index (χ2n) is 4.17. The minimum Gasteiger partial charge on any atom is -0.267 e. The second kappa shape index (κ2) is 7.02. The van der Waals surface area contributed by atoms with E-state index in [0.717, 1.165) is 0 Å². The number of carbonyl (C=O) groups excluding carboxylic acids is 1. The lowest BCUT2D eigenvalue weighted by atomic mass is 10.2. The van der Waals surface area contributed by atoms with Crippen LogP contribution in [0.4, 0.5) is 5.69 Å². The molecule has 8 heteroatoms. The molecule has 1 amide bonds. The monoisotopic (exact) mass is 337 g/mol. The Kier molecular flexibility index (Phi) is 5.08. The van der Waals surface area contributed by atoms with Crippen LogP contribution < -0.4 is 5.43 Å². The molecule has 0 saturated carbocycles. The van der Waals surface area contributed by atoms with Gasteiger partial charge in [-0.25, -0.2) is 5.43 Å². The molecule has 0 spiro atoms. The molecule has 22 heavy (non-hydrogen) atoms. The number of nitro groups is 1. The highest BCUT2D eigenvalue weighted by atomic mass is 35.5. The third-order valence-corrected chi connectivity index (χ3v) is 3.21. The maximum absolute atomic E-state index is 11.9. The van der Waals surface area contributed by atoms with E-state index in [2.05, 4.69) is 10.5 Å². The zero-order valence-corrected chi connectivity index (χ0v) is 12.5. The molecule has 0 fully saturated rings. The van der Waals surface area contributed by atoms with Crippen LogP contribution in [0.15, 0.2) is 47.6 Å². The predicted octanol–water partition coefficient (Wildman–Crippen LogP) is 3.67. The van der Waals surface area contributed by atoms with Crippen LogP contribution in [-0.4, -0.2) is 17.0 Å². The number of nitrogens with zero attached hydrogens (tertiary/aromatic N) is 2. The summed E-state index contributed by atoms with van der Waals surface area (Å²) in [6.07, 6.45) is 1.37. The first-order valence-electron chi connectivity index (χ1n) is 6.00. The predicted molar refractivity (Wildman–Crippen MR) is 84.6 cm³/mol. The Labute approximate surface area is 135 Å². The van der Waals surface area contributed by atoms with E-state index in [1.165, 1.54) is 42.6 Å². The maximum Gasteiger partial charge on any atom is 0.272 e. The van der Waals surface area contributed by atoms with Crippen molar-refractivity contribution in [1.82, 2.24) is 5.43 Å². The average molecular weight is 338 g/mol. The van der Waals surface area contributed by atoms with E-state index in [1.54, 1.807) is 6.07 Å². The maximum atomic E-state index is 11.9. The fourth-order valence-corrected chi connectivity index (χ4v) is 2.08. The second-order valence-corrected chi connectivity index (χ2v) is 5.02. The van der Waals surface area contributed by atoms with Gasteiger partial charge in [-0.05, 0) is 35.9 Å². The smallest absolute Gasteiger partial charge is 0.267 e. The number of non-ortho nitro benzene ring substituents is 1. The van der Waals surface area contributed by atoms with E-state index in [1.807, 2.05) is 0 Å². The molecule has 0 unspecified atom stereocenters. The number of hydrogen-bond donors (Lipinski definition) is 1. The normalized spacial score (nSPS) is 10.6. The lowest BCUT2D eigenvalue weighted by molar-refractivity contribution is -0.384. The number of hydrazone groups is 1. The molecular formula is C14H9Cl2N3O3. The first kappa shape index (κ1) is 15.9. The Hall–Kier alpha value is -2.44. The van der Waals surface area contributed by atoms with E-state index in [0.29, 0.717) is 10.6 Å². The van der Waals surface area contributed by atoms with Crippen LogP contribution in [0.25, 0.3) is 0 Å². The Morgan fingerprint density at radius 2 is 1.86 bits per heavy atom. The van der Waals surface area contributed by atoms with Gasteiger partial charge >= 0.3 is 0 Å². The molecule has 2 aromatic carbocycles. The standard InChI is InChI=1S/C14H9Cl2N3O3/c15-10-3-6-12(13(16)7-10)14(20)18-17-8-9-1-4-11(5-2-9)19(21)22/h1-8H,(H,18,20). The van der Waals surface area contributed by atoms with Gasteiger partial charge in [-0.15, -0.1) is 0 Å². The fraction of sp³-hybridized carbons (Fsp3) is 0. The number of carbonyl (C=O) groups is 1. The van der Waals surface area contributed by atoms with Crippen molar-refractivity contribution >= 4 is 41.0 Å². The van der Waals surface area contributed by atoms with Gasteiger partial charge in [-0.1, -0.05) is 23.2 Å². The summed E-state index contributed by atoms with van der Waals surface area (Å²) >= 11 is 11.7. The number of nitrogens with one attached hydrogen (secondary N) is 1. The lowest BCUT2D eigenvalue weighted by Crippen LogP contribution is -2.18. The van der Waals surface area contributed by atoms with Gasteiger partial charge < -0.3 is 0 Å². The molecule has 0 radical (unpaired) electrons. The molecule has 2 rings (SSSR count). The van der Waals surface area contributed by atoms with Crippen molar-refractivity contribution in [1.29, 1.82) is 0 Å². The Morgan fingerprint density at radius 3 is 2.45 bits per heavy atom. The summed E-state index contributed by atoms with van der Waals surface area (Å²) in [5.41, 5.74) is 3.14. The van der Waals surface area contributed by atoms with Gasteiger partial charge in [0.1, 0.15) is 0 Å². The molecule has 0 heterocycles. The van der Waals surface area contributed by atoms with Crippen LogP contribution in [0, 0.1) is 10.1 Å². The molecule has 0 aliphatic carbocycles. The van der Waals surface area contributed by atoms with Gasteiger partial charge in [-0.2, -0.15) is 5.10 Å². The Bertz CT molecular complexity index is 745. The van der Waals surface area contributed by atoms with Crippen molar-refractivity contribution in [3.8, 4) is 0 Å². The molecule has 0 aromatic heterocycles. The molecule has 0 atom stereocenters. The van der Waals surface area contributed by atoms with Crippen molar-refractivity contribution in [2.45, 2.75) is 0 Å². The quantitative estimate of drug-likeness (QED) is 0.524. The summed E-state index contributed by atoms with van der Waals surface area (Å²) in [7, 11) is 0. The Balaban J connectivity index is 2.02. The molecule has 0 aliphatic rings. The zero-order chi connectivity index (χ0) is 16.1. The molecule has 6 nitrogen and oxygen atoms in total. The van der Waals surface area contributed by atoms with Crippen molar-refractivity contribution in [2.24, 2.45) is 5.10 Å². The highest BCUT2D eigenvalue weighted by molar-refractivity contribution is 6.36. The molecular weight excluding hydrogens is 329 g/mol. The van der Waals surface area contributed by atoms with Gasteiger partial charge in [0.15, 0.2) is 0 Å². The van der Waals surface area contributed by atoms with E-state index < -0.39 is 10.8 Å². The van der Waals surface area contributed by atoms with E-state index in [4.69, 9.17) is 23.2 Å². The minimum atomic E-state index is -0.495. The van der Waals surface area contributed by atoms with Gasteiger partial charge in [0, 0.05) is 17.2 Å². The SMILES string of the molecule is O=C(NN=Cc1ccc([N+](=O)[O-])cc1)c1ccc(Cl)cc1Cl. The molecule has 2 aromatic rings. The van der Waals surface area contributed by atoms with E-state index in [-0.39, 0.29) is 16.3 Å². The summed E-state index contributed by atoms with van der Waals surface area (Å²) in [5, 5.41) is 14.9. The largest absolute Gasteiger partial charge is 0.272 e. The van der Waals surface area contributed by atoms with E-state index in [9.17, 15) is 14.9 Å². The number of halogens is 2. The summed E-state index contributed by atoms with van der Waals surface area (Å²) in [6.45, 7) is 0. The summed E-state index contributed by atoms with van der Waals surface area (Å²) in [6, 6.07) is 10.2. The number of benzene rings is 2. The van der Waals surface area contributed by atoms with Gasteiger partial charge in [-0.3, -0.25) is 14.9 Å². The third-order valence-electron chi connectivity index (χ3n) is 2.66. The van der Waals surface area contributed by atoms with Gasteiger partial charge in [0.05, 0.1) is 21.7 Å². The fourth-order valence-electron chi connectivity index (χ4n) is 1.58. The first-order chi connectivity index (χ1) is 10.5. The van der Waals surface area contributed by atoms with Gasteiger partial charge in [0.25, 0.3) is 11.6 Å². The van der Waals surface area contributed by atoms with Crippen molar-refractivity contribution < 1.29 is 9.72 Å². The highest BCUT2D eigenvalue weighted by Crippen LogP contribution is 2.20. The zero-order valence-electron chi connectivity index (χ0n) is 11.0. The van der Waals surface area contributed by atoms with Crippen LogP contribution in [-0.2, 0) is 0 Å². The van der Waals surface area contributed by atoms with Crippen molar-refractivity contribution in [2.75, 3.05) is 0 Å². The van der Waals surface area contributed by atoms with Crippen LogP contribution in [0.3, 0.4) is 0 Å². The van der Waals surface area contributed by atoms with Crippen molar-refractivity contribution in [3.05, 3.63) is 73.8 Å². The third kappa shape index (κ3) is 4.03.